The Labute approximate surface area is 193 Å². The highest BCUT2D eigenvalue weighted by Crippen LogP contribution is 2.33. The number of dihydropyridines is 1. The molecule has 5 N–H and O–H groups in total. The molecule has 1 aromatic rings. The molecule has 10 nitrogen and oxygen atoms in total. The second-order valence-corrected chi connectivity index (χ2v) is 8.26. The van der Waals surface area contributed by atoms with Gasteiger partial charge in [-0.05, 0) is 25.5 Å². The van der Waals surface area contributed by atoms with Crippen molar-refractivity contribution < 1.29 is 27.9 Å². The molecule has 3 amide bonds. The molecule has 3 aliphatic rings. The van der Waals surface area contributed by atoms with Crippen LogP contribution in [0.25, 0.3) is 0 Å². The van der Waals surface area contributed by atoms with Gasteiger partial charge >= 0.3 is 12.2 Å². The first-order chi connectivity index (χ1) is 16.2. The van der Waals surface area contributed by atoms with E-state index in [0.29, 0.717) is 43.3 Å². The summed E-state index contributed by atoms with van der Waals surface area (Å²) < 4.78 is 38.6. The normalized spacial score (nSPS) is 22.1. The molecule has 0 saturated carbocycles. The number of carbonyl (C=O) groups is 2. The van der Waals surface area contributed by atoms with E-state index in [1.54, 1.807) is 18.2 Å². The maximum absolute atomic E-state index is 13.3. The Hall–Kier alpha value is -3.48. The summed E-state index contributed by atoms with van der Waals surface area (Å²) in [6.45, 7) is 2.47. The van der Waals surface area contributed by atoms with E-state index in [1.807, 2.05) is 5.32 Å². The number of fused-ring (bicyclic) bond motifs is 3. The number of rotatable bonds is 6. The number of hydrogen-bond acceptors (Lipinski definition) is 7. The second-order valence-electron chi connectivity index (χ2n) is 8.26. The highest BCUT2D eigenvalue weighted by atomic mass is 19.4. The second kappa shape index (κ2) is 9.41. The van der Waals surface area contributed by atoms with Crippen LogP contribution >= 0.6 is 0 Å². The molecular formula is C21H26F3N7O3. The minimum absolute atomic E-state index is 0.0530. The van der Waals surface area contributed by atoms with Gasteiger partial charge in [-0.2, -0.15) is 13.2 Å². The SMILES string of the molecule is C[C@@H](NC(=O)C1C=CC2=C(N1)N(C(=O)Nc1cc(NCCO)ccn1)[C@H]1CCN2C1)C(F)(F)F. The van der Waals surface area contributed by atoms with Gasteiger partial charge in [-0.1, -0.05) is 6.08 Å². The molecule has 1 unspecified atom stereocenters. The minimum atomic E-state index is -4.56. The van der Waals surface area contributed by atoms with Crippen LogP contribution in [0.4, 0.5) is 29.5 Å². The zero-order valence-electron chi connectivity index (χ0n) is 18.4. The molecule has 3 atom stereocenters. The summed E-state index contributed by atoms with van der Waals surface area (Å²) in [5, 5.41) is 19.6. The van der Waals surface area contributed by atoms with E-state index in [1.165, 1.54) is 17.2 Å². The molecule has 0 radical (unpaired) electrons. The van der Waals surface area contributed by atoms with E-state index in [0.717, 1.165) is 6.92 Å². The molecule has 34 heavy (non-hydrogen) atoms. The lowest BCUT2D eigenvalue weighted by molar-refractivity contribution is -0.158. The number of amides is 3. The average molecular weight is 481 g/mol. The summed E-state index contributed by atoms with van der Waals surface area (Å²) in [7, 11) is 0. The van der Waals surface area contributed by atoms with Crippen molar-refractivity contribution in [2.24, 2.45) is 0 Å². The molecular weight excluding hydrogens is 455 g/mol. The van der Waals surface area contributed by atoms with Crippen LogP contribution in [0.15, 0.2) is 42.0 Å². The van der Waals surface area contributed by atoms with Gasteiger partial charge in [-0.15, -0.1) is 0 Å². The van der Waals surface area contributed by atoms with Gasteiger partial charge in [0, 0.05) is 37.6 Å². The van der Waals surface area contributed by atoms with Crippen LogP contribution in [0.5, 0.6) is 0 Å². The molecule has 13 heteroatoms. The molecule has 0 aliphatic carbocycles. The average Bonchev–Trinajstić information content (AvgIpc) is 3.21. The summed E-state index contributed by atoms with van der Waals surface area (Å²) >= 11 is 0. The Morgan fingerprint density at radius 3 is 2.91 bits per heavy atom. The molecule has 1 aromatic heterocycles. The smallest absolute Gasteiger partial charge is 0.395 e. The van der Waals surface area contributed by atoms with Crippen molar-refractivity contribution in [2.45, 2.75) is 37.6 Å². The van der Waals surface area contributed by atoms with Crippen molar-refractivity contribution in [3.8, 4) is 0 Å². The van der Waals surface area contributed by atoms with Gasteiger partial charge in [0.05, 0.1) is 18.3 Å². The van der Waals surface area contributed by atoms with E-state index >= 15 is 0 Å². The number of nitrogens with zero attached hydrogens (tertiary/aromatic N) is 3. The van der Waals surface area contributed by atoms with Crippen molar-refractivity contribution in [1.82, 2.24) is 25.4 Å². The van der Waals surface area contributed by atoms with Crippen molar-refractivity contribution in [2.75, 3.05) is 36.9 Å². The summed E-state index contributed by atoms with van der Waals surface area (Å²) in [4.78, 5) is 33.5. The number of aliphatic hydroxyl groups is 1. The molecule has 0 spiro atoms. The fourth-order valence-electron chi connectivity index (χ4n) is 4.12. The molecule has 4 heterocycles. The van der Waals surface area contributed by atoms with Crippen molar-refractivity contribution >= 4 is 23.4 Å². The van der Waals surface area contributed by atoms with Crippen LogP contribution < -0.4 is 21.3 Å². The zero-order chi connectivity index (χ0) is 24.5. The molecule has 3 aliphatic heterocycles. The zero-order valence-corrected chi connectivity index (χ0v) is 18.4. The lowest BCUT2D eigenvalue weighted by Gasteiger charge is -2.41. The quantitative estimate of drug-likeness (QED) is 0.414. The standard InChI is InChI=1S/C21H26F3N7O3/c1-12(21(22,23)24)27-19(33)15-2-3-16-18(28-15)31(14-5-8-30(16)11-14)20(34)29-17-10-13(4-6-26-17)25-7-9-32/h2-4,6,10,12,14-15,28,32H,5,7-9,11H2,1H3,(H,27,33)(H2,25,26,29,34)/t12-,14+,15?/m1/s1. The van der Waals surface area contributed by atoms with Gasteiger partial charge in [0.15, 0.2) is 0 Å². The van der Waals surface area contributed by atoms with E-state index in [4.69, 9.17) is 5.11 Å². The van der Waals surface area contributed by atoms with Crippen LogP contribution in [-0.4, -0.2) is 82.4 Å². The number of urea groups is 1. The largest absolute Gasteiger partial charge is 0.408 e. The Kier molecular flexibility index (Phi) is 6.55. The number of carbonyl (C=O) groups excluding carboxylic acids is 2. The first-order valence-corrected chi connectivity index (χ1v) is 10.9. The number of allylic oxidation sites excluding steroid dienone is 1. The summed E-state index contributed by atoms with van der Waals surface area (Å²) in [5.41, 5.74) is 1.36. The summed E-state index contributed by atoms with van der Waals surface area (Å²) in [5.74, 6) is -0.191. The van der Waals surface area contributed by atoms with Crippen molar-refractivity contribution in [1.29, 1.82) is 0 Å². The Balaban J connectivity index is 1.51. The van der Waals surface area contributed by atoms with Gasteiger partial charge < -0.3 is 26.0 Å². The molecule has 0 aromatic carbocycles. The Bertz CT molecular complexity index is 1010. The molecule has 2 bridgehead atoms. The van der Waals surface area contributed by atoms with Gasteiger partial charge in [0.1, 0.15) is 23.7 Å². The summed E-state index contributed by atoms with van der Waals surface area (Å²) in [6.07, 6.45) is 0.798. The third-order valence-electron chi connectivity index (χ3n) is 5.88. The van der Waals surface area contributed by atoms with Crippen molar-refractivity contribution in [3.63, 3.8) is 0 Å². The number of anilines is 2. The molecule has 184 valence electrons. The summed E-state index contributed by atoms with van der Waals surface area (Å²) in [6, 6.07) is -0.407. The number of alkyl halides is 3. The van der Waals surface area contributed by atoms with Crippen LogP contribution in [0, 0.1) is 0 Å². The van der Waals surface area contributed by atoms with Crippen LogP contribution in [0.3, 0.4) is 0 Å². The maximum atomic E-state index is 13.3. The van der Waals surface area contributed by atoms with Gasteiger partial charge in [0.2, 0.25) is 5.91 Å². The Morgan fingerprint density at radius 2 is 2.18 bits per heavy atom. The fourth-order valence-corrected chi connectivity index (χ4v) is 4.12. The molecule has 1 saturated heterocycles. The predicted molar refractivity (Wildman–Crippen MR) is 117 cm³/mol. The minimum Gasteiger partial charge on any atom is -0.395 e. The number of hydrogen-bond donors (Lipinski definition) is 5. The van der Waals surface area contributed by atoms with Crippen LogP contribution in [0.2, 0.25) is 0 Å². The van der Waals surface area contributed by atoms with E-state index in [-0.39, 0.29) is 18.5 Å². The lowest BCUT2D eigenvalue weighted by Crippen LogP contribution is -2.57. The van der Waals surface area contributed by atoms with Crippen LogP contribution in [-0.2, 0) is 4.79 Å². The number of halogens is 3. The van der Waals surface area contributed by atoms with E-state index < -0.39 is 30.2 Å². The number of aliphatic hydroxyl groups excluding tert-OH is 1. The fraction of sp³-hybridized carbons (Fsp3) is 0.476. The van der Waals surface area contributed by atoms with Crippen LogP contribution in [0.1, 0.15) is 13.3 Å². The monoisotopic (exact) mass is 481 g/mol. The lowest BCUT2D eigenvalue weighted by atomic mass is 10.1. The highest BCUT2D eigenvalue weighted by molar-refractivity contribution is 5.91. The molecule has 4 rings (SSSR count). The Morgan fingerprint density at radius 1 is 1.38 bits per heavy atom. The highest BCUT2D eigenvalue weighted by Gasteiger charge is 2.43. The first-order valence-electron chi connectivity index (χ1n) is 10.9. The topological polar surface area (TPSA) is 122 Å². The van der Waals surface area contributed by atoms with Gasteiger partial charge in [-0.3, -0.25) is 15.0 Å². The maximum Gasteiger partial charge on any atom is 0.408 e. The third-order valence-corrected chi connectivity index (χ3v) is 5.88. The molecule has 1 fully saturated rings. The number of aromatic nitrogens is 1. The number of pyridine rings is 1. The van der Waals surface area contributed by atoms with E-state index in [2.05, 4.69) is 25.8 Å². The number of nitrogens with one attached hydrogen (secondary N) is 4. The van der Waals surface area contributed by atoms with Gasteiger partial charge in [0.25, 0.3) is 0 Å². The van der Waals surface area contributed by atoms with Crippen molar-refractivity contribution in [3.05, 3.63) is 42.0 Å². The first kappa shape index (κ1) is 23.7. The van der Waals surface area contributed by atoms with Gasteiger partial charge in [-0.25, -0.2) is 9.78 Å². The predicted octanol–water partition coefficient (Wildman–Crippen LogP) is 1.17. The third kappa shape index (κ3) is 4.88. The van der Waals surface area contributed by atoms with E-state index in [9.17, 15) is 22.8 Å².